The quantitative estimate of drug-likeness (QED) is 0.493. The lowest BCUT2D eigenvalue weighted by atomic mass is 9.82. The Balaban J connectivity index is 1.97. The van der Waals surface area contributed by atoms with Gasteiger partial charge in [-0.15, -0.1) is 0 Å². The third-order valence-electron chi connectivity index (χ3n) is 2.12. The van der Waals surface area contributed by atoms with E-state index in [9.17, 15) is 4.39 Å². The SMILES string of the molecule is FC1CC2CC(C1)N2. The van der Waals surface area contributed by atoms with Crippen LogP contribution in [-0.4, -0.2) is 18.3 Å². The van der Waals surface area contributed by atoms with Gasteiger partial charge in [-0.05, 0) is 19.3 Å². The molecule has 2 heteroatoms. The molecule has 0 amide bonds. The summed E-state index contributed by atoms with van der Waals surface area (Å²) in [5.74, 6) is 0. The molecule has 1 nitrogen and oxygen atoms in total. The van der Waals surface area contributed by atoms with Crippen LogP contribution in [0.3, 0.4) is 0 Å². The second-order valence-corrected chi connectivity index (χ2v) is 2.86. The van der Waals surface area contributed by atoms with E-state index in [1.807, 2.05) is 0 Å². The minimum atomic E-state index is -0.500. The molecule has 1 N–H and O–H groups in total. The fraction of sp³-hybridized carbons (Fsp3) is 1.00. The molecule has 0 aromatic carbocycles. The van der Waals surface area contributed by atoms with Crippen LogP contribution in [0.2, 0.25) is 0 Å². The molecular weight excluding hydrogens is 105 g/mol. The number of rotatable bonds is 0. The Hall–Kier alpha value is -0.110. The highest BCUT2D eigenvalue weighted by Crippen LogP contribution is 2.29. The molecule has 2 aliphatic heterocycles. The number of halogens is 1. The van der Waals surface area contributed by atoms with Crippen LogP contribution in [0, 0.1) is 0 Å². The zero-order valence-electron chi connectivity index (χ0n) is 4.73. The van der Waals surface area contributed by atoms with E-state index in [1.54, 1.807) is 0 Å². The van der Waals surface area contributed by atoms with Crippen molar-refractivity contribution in [3.63, 3.8) is 0 Å². The number of piperidine rings is 1. The van der Waals surface area contributed by atoms with Crippen molar-refractivity contribution in [1.29, 1.82) is 0 Å². The Morgan fingerprint density at radius 1 is 1.12 bits per heavy atom. The number of alkyl halides is 1. The molecule has 1 aliphatic carbocycles. The van der Waals surface area contributed by atoms with Crippen LogP contribution in [-0.2, 0) is 0 Å². The molecule has 0 radical (unpaired) electrons. The largest absolute Gasteiger partial charge is 0.311 e. The van der Waals surface area contributed by atoms with Crippen LogP contribution in [0.4, 0.5) is 4.39 Å². The average Bonchev–Trinajstić information content (AvgIpc) is 1.62. The monoisotopic (exact) mass is 115 g/mol. The van der Waals surface area contributed by atoms with E-state index >= 15 is 0 Å². The van der Waals surface area contributed by atoms with Crippen molar-refractivity contribution in [3.8, 4) is 0 Å². The fourth-order valence-corrected chi connectivity index (χ4v) is 1.69. The summed E-state index contributed by atoms with van der Waals surface area (Å²) < 4.78 is 12.4. The predicted octanol–water partition coefficient (Wildman–Crippen LogP) is 0.849. The number of hydrogen-bond acceptors (Lipinski definition) is 1. The molecular formula is C6H10FN. The molecule has 0 aromatic rings. The molecule has 3 rings (SSSR count). The van der Waals surface area contributed by atoms with Gasteiger partial charge in [0.15, 0.2) is 0 Å². The van der Waals surface area contributed by atoms with Gasteiger partial charge in [0.2, 0.25) is 0 Å². The van der Waals surface area contributed by atoms with Gasteiger partial charge in [0, 0.05) is 12.1 Å². The van der Waals surface area contributed by atoms with Crippen molar-refractivity contribution >= 4 is 0 Å². The lowest BCUT2D eigenvalue weighted by molar-refractivity contribution is 0.0983. The van der Waals surface area contributed by atoms with E-state index in [1.165, 1.54) is 6.42 Å². The van der Waals surface area contributed by atoms with Crippen molar-refractivity contribution in [2.45, 2.75) is 37.5 Å². The van der Waals surface area contributed by atoms with E-state index < -0.39 is 6.17 Å². The van der Waals surface area contributed by atoms with E-state index in [0.717, 1.165) is 12.8 Å². The van der Waals surface area contributed by atoms with Gasteiger partial charge in [-0.1, -0.05) is 0 Å². The molecule has 2 unspecified atom stereocenters. The summed E-state index contributed by atoms with van der Waals surface area (Å²) in [7, 11) is 0. The molecule has 2 saturated heterocycles. The lowest BCUT2D eigenvalue weighted by Gasteiger charge is -2.44. The van der Waals surface area contributed by atoms with Gasteiger partial charge in [-0.25, -0.2) is 4.39 Å². The van der Waals surface area contributed by atoms with Crippen molar-refractivity contribution < 1.29 is 4.39 Å². The fourth-order valence-electron chi connectivity index (χ4n) is 1.69. The normalized spacial score (nSPS) is 52.9. The van der Waals surface area contributed by atoms with Crippen LogP contribution in [0.15, 0.2) is 0 Å². The Bertz CT molecular complexity index is 88.7. The molecule has 46 valence electrons. The van der Waals surface area contributed by atoms with E-state index in [2.05, 4.69) is 5.32 Å². The van der Waals surface area contributed by atoms with E-state index in [0.29, 0.717) is 12.1 Å². The van der Waals surface area contributed by atoms with Crippen molar-refractivity contribution in [2.24, 2.45) is 0 Å². The number of fused-ring (bicyclic) bond motifs is 2. The van der Waals surface area contributed by atoms with Gasteiger partial charge in [-0.3, -0.25) is 0 Å². The second-order valence-electron chi connectivity index (χ2n) is 2.86. The van der Waals surface area contributed by atoms with Crippen LogP contribution in [0.1, 0.15) is 19.3 Å². The maximum atomic E-state index is 12.4. The summed E-state index contributed by atoms with van der Waals surface area (Å²) >= 11 is 0. The molecule has 3 fully saturated rings. The molecule has 3 aliphatic rings. The third-order valence-corrected chi connectivity index (χ3v) is 2.12. The molecule has 2 bridgehead atoms. The van der Waals surface area contributed by atoms with E-state index in [4.69, 9.17) is 0 Å². The van der Waals surface area contributed by atoms with Crippen LogP contribution >= 0.6 is 0 Å². The standard InChI is InChI=1S/C6H10FN/c7-4-1-5-3-6(2-4)8-5/h4-6,8H,1-3H2. The van der Waals surface area contributed by atoms with Crippen molar-refractivity contribution in [1.82, 2.24) is 5.32 Å². The molecule has 0 spiro atoms. The maximum absolute atomic E-state index is 12.4. The van der Waals surface area contributed by atoms with Gasteiger partial charge in [0.05, 0.1) is 0 Å². The van der Waals surface area contributed by atoms with Crippen molar-refractivity contribution in [3.05, 3.63) is 0 Å². The van der Waals surface area contributed by atoms with Gasteiger partial charge < -0.3 is 5.32 Å². The Morgan fingerprint density at radius 3 is 1.88 bits per heavy atom. The summed E-state index contributed by atoms with van der Waals surface area (Å²) in [5.41, 5.74) is 0. The summed E-state index contributed by atoms with van der Waals surface area (Å²) in [6.07, 6.45) is 2.24. The average molecular weight is 115 g/mol. The van der Waals surface area contributed by atoms with Crippen LogP contribution in [0.5, 0.6) is 0 Å². The first-order valence-electron chi connectivity index (χ1n) is 3.25. The van der Waals surface area contributed by atoms with Crippen molar-refractivity contribution in [2.75, 3.05) is 0 Å². The van der Waals surface area contributed by atoms with E-state index in [-0.39, 0.29) is 0 Å². The predicted molar refractivity (Wildman–Crippen MR) is 29.5 cm³/mol. The number of hydrogen-bond donors (Lipinski definition) is 1. The Kier molecular flexibility index (Phi) is 0.852. The van der Waals surface area contributed by atoms with Gasteiger partial charge in [0.25, 0.3) is 0 Å². The third kappa shape index (κ3) is 0.558. The zero-order chi connectivity index (χ0) is 5.56. The molecule has 0 aromatic heterocycles. The summed E-state index contributed by atoms with van der Waals surface area (Å²) in [4.78, 5) is 0. The second kappa shape index (κ2) is 1.44. The number of nitrogens with one attached hydrogen (secondary N) is 1. The summed E-state index contributed by atoms with van der Waals surface area (Å²) in [6, 6.07) is 1.06. The summed E-state index contributed by atoms with van der Waals surface area (Å²) in [6.45, 7) is 0. The lowest BCUT2D eigenvalue weighted by Crippen LogP contribution is -2.58. The van der Waals surface area contributed by atoms with Gasteiger partial charge in [0.1, 0.15) is 6.17 Å². The van der Waals surface area contributed by atoms with Gasteiger partial charge in [-0.2, -0.15) is 0 Å². The smallest absolute Gasteiger partial charge is 0.103 e. The minimum Gasteiger partial charge on any atom is -0.311 e. The first kappa shape index (κ1) is 4.74. The first-order valence-corrected chi connectivity index (χ1v) is 3.25. The Labute approximate surface area is 48.3 Å². The van der Waals surface area contributed by atoms with Gasteiger partial charge >= 0.3 is 0 Å². The highest BCUT2D eigenvalue weighted by Gasteiger charge is 2.37. The Morgan fingerprint density at radius 2 is 1.62 bits per heavy atom. The topological polar surface area (TPSA) is 12.0 Å². The van der Waals surface area contributed by atoms with Crippen LogP contribution in [0.25, 0.3) is 0 Å². The molecule has 2 heterocycles. The zero-order valence-corrected chi connectivity index (χ0v) is 4.73. The maximum Gasteiger partial charge on any atom is 0.103 e. The highest BCUT2D eigenvalue weighted by atomic mass is 19.1. The minimum absolute atomic E-state index is 0.500. The summed E-state index contributed by atoms with van der Waals surface area (Å²) in [5, 5.41) is 3.27. The first-order chi connectivity index (χ1) is 3.84. The highest BCUT2D eigenvalue weighted by molar-refractivity contribution is 4.96. The van der Waals surface area contributed by atoms with Crippen LogP contribution < -0.4 is 5.32 Å². The molecule has 2 atom stereocenters. The molecule has 1 saturated carbocycles. The molecule has 8 heavy (non-hydrogen) atoms.